The number of benzene rings is 1. The fourth-order valence-electron chi connectivity index (χ4n) is 3.17. The summed E-state index contributed by atoms with van der Waals surface area (Å²) in [4.78, 5) is 19.2. The Morgan fingerprint density at radius 1 is 1.21 bits per heavy atom. The van der Waals surface area contributed by atoms with Crippen LogP contribution in [-0.2, 0) is 14.8 Å². The van der Waals surface area contributed by atoms with Gasteiger partial charge in [-0.05, 0) is 63.3 Å². The first-order valence-electron chi connectivity index (χ1n) is 8.98. The second-order valence-corrected chi connectivity index (χ2v) is 11.6. The number of nitrogens with zero attached hydrogens (tertiary/aromatic N) is 2. The van der Waals surface area contributed by atoms with Gasteiger partial charge in [-0.3, -0.25) is 9.52 Å². The number of anilines is 2. The number of rotatable bonds is 5. The monoisotopic (exact) mass is 470 g/mol. The number of hydrogen-bond donors (Lipinski definition) is 2. The van der Waals surface area contributed by atoms with Crippen LogP contribution in [0.1, 0.15) is 12.8 Å². The van der Waals surface area contributed by atoms with Crippen molar-refractivity contribution >= 4 is 71.2 Å². The van der Waals surface area contributed by atoms with E-state index in [1.165, 1.54) is 17.4 Å². The highest BCUT2D eigenvalue weighted by atomic mass is 35.5. The maximum atomic E-state index is 12.5. The van der Waals surface area contributed by atoms with E-state index in [0.29, 0.717) is 20.7 Å². The lowest BCUT2D eigenvalue weighted by Gasteiger charge is -2.27. The van der Waals surface area contributed by atoms with E-state index in [1.807, 2.05) is 0 Å². The highest BCUT2D eigenvalue weighted by molar-refractivity contribution is 7.94. The molecule has 1 aliphatic heterocycles. The van der Waals surface area contributed by atoms with E-state index >= 15 is 0 Å². The number of nitrogens with one attached hydrogen (secondary N) is 2. The van der Waals surface area contributed by atoms with Crippen molar-refractivity contribution in [3.63, 3.8) is 0 Å². The largest absolute Gasteiger partial charge is 0.306 e. The van der Waals surface area contributed by atoms with Crippen molar-refractivity contribution in [2.45, 2.75) is 17.1 Å². The maximum Gasteiger partial charge on any atom is 0.271 e. The number of hydrogen-bond acceptors (Lipinski definition) is 7. The first-order chi connectivity index (χ1) is 13.8. The third-order valence-electron chi connectivity index (χ3n) is 4.77. The normalized spacial score (nSPS) is 16.2. The van der Waals surface area contributed by atoms with Crippen LogP contribution >= 0.6 is 34.3 Å². The Morgan fingerprint density at radius 3 is 2.66 bits per heavy atom. The molecule has 0 unspecified atom stereocenters. The number of aromatic nitrogens is 1. The summed E-state index contributed by atoms with van der Waals surface area (Å²) in [7, 11) is -1.64. The number of amides is 1. The third kappa shape index (κ3) is 4.72. The van der Waals surface area contributed by atoms with E-state index in [1.54, 1.807) is 24.3 Å². The van der Waals surface area contributed by atoms with Crippen LogP contribution in [0.5, 0.6) is 0 Å². The van der Waals surface area contributed by atoms with Gasteiger partial charge in [0.25, 0.3) is 10.0 Å². The fourth-order valence-corrected chi connectivity index (χ4v) is 6.61. The molecule has 0 saturated carbocycles. The summed E-state index contributed by atoms with van der Waals surface area (Å²) in [5.41, 5.74) is 1.13. The zero-order valence-corrected chi connectivity index (χ0v) is 18.7. The minimum atomic E-state index is -3.70. The van der Waals surface area contributed by atoms with Gasteiger partial charge in [0.05, 0.1) is 20.2 Å². The van der Waals surface area contributed by atoms with Gasteiger partial charge in [0.15, 0.2) is 5.13 Å². The fraction of sp³-hybridized carbons (Fsp3) is 0.333. The van der Waals surface area contributed by atoms with Gasteiger partial charge in [0.1, 0.15) is 4.21 Å². The summed E-state index contributed by atoms with van der Waals surface area (Å²) < 4.78 is 28.8. The summed E-state index contributed by atoms with van der Waals surface area (Å²) in [5, 5.41) is 3.43. The average Bonchev–Trinajstić information content (AvgIpc) is 3.27. The lowest BCUT2D eigenvalue weighted by Crippen LogP contribution is -2.35. The number of carbonyl (C=O) groups excluding carboxylic acids is 1. The molecule has 0 atom stereocenters. The Morgan fingerprint density at radius 2 is 1.97 bits per heavy atom. The first kappa shape index (κ1) is 20.5. The molecule has 0 aliphatic carbocycles. The quantitative estimate of drug-likeness (QED) is 0.586. The van der Waals surface area contributed by atoms with Crippen molar-refractivity contribution in [3.8, 4) is 0 Å². The molecule has 3 heterocycles. The number of sulfonamides is 1. The van der Waals surface area contributed by atoms with Crippen molar-refractivity contribution in [3.05, 3.63) is 34.7 Å². The summed E-state index contributed by atoms with van der Waals surface area (Å²) >= 11 is 8.16. The predicted molar refractivity (Wildman–Crippen MR) is 119 cm³/mol. The maximum absolute atomic E-state index is 12.5. The molecule has 11 heteroatoms. The van der Waals surface area contributed by atoms with Gasteiger partial charge in [-0.25, -0.2) is 13.4 Å². The minimum Gasteiger partial charge on any atom is -0.306 e. The van der Waals surface area contributed by atoms with Crippen molar-refractivity contribution in [1.29, 1.82) is 0 Å². The summed E-state index contributed by atoms with van der Waals surface area (Å²) in [5.74, 6) is -0.00846. The number of thiophene rings is 1. The van der Waals surface area contributed by atoms with Gasteiger partial charge >= 0.3 is 0 Å². The molecule has 1 saturated heterocycles. The molecule has 2 N–H and O–H groups in total. The highest BCUT2D eigenvalue weighted by Crippen LogP contribution is 2.31. The van der Waals surface area contributed by atoms with E-state index in [2.05, 4.69) is 27.0 Å². The zero-order valence-electron chi connectivity index (χ0n) is 15.5. The van der Waals surface area contributed by atoms with Crippen molar-refractivity contribution in [1.82, 2.24) is 9.88 Å². The van der Waals surface area contributed by atoms with Gasteiger partial charge < -0.3 is 10.2 Å². The van der Waals surface area contributed by atoms with Crippen molar-refractivity contribution < 1.29 is 13.2 Å². The molecule has 1 fully saturated rings. The molecular weight excluding hydrogens is 452 g/mol. The Kier molecular flexibility index (Phi) is 5.80. The molecule has 0 radical (unpaired) electrons. The van der Waals surface area contributed by atoms with Crippen molar-refractivity contribution in [2.75, 3.05) is 30.2 Å². The number of halogens is 1. The lowest BCUT2D eigenvalue weighted by atomic mass is 9.96. The SMILES string of the molecule is CN1CCC(C(=O)Nc2nc3ccc(NS(=O)(=O)c4ccc(Cl)s4)cc3s2)CC1. The Labute approximate surface area is 181 Å². The topological polar surface area (TPSA) is 91.4 Å². The molecule has 4 rings (SSSR count). The molecule has 7 nitrogen and oxygen atoms in total. The van der Waals surface area contributed by atoms with Gasteiger partial charge in [-0.1, -0.05) is 22.9 Å². The van der Waals surface area contributed by atoms with E-state index in [0.717, 1.165) is 42.0 Å². The number of likely N-dealkylation sites (tertiary alicyclic amines) is 1. The van der Waals surface area contributed by atoms with Gasteiger partial charge in [0.2, 0.25) is 5.91 Å². The predicted octanol–water partition coefficient (Wildman–Crippen LogP) is 4.09. The second-order valence-electron chi connectivity index (χ2n) is 6.93. The van der Waals surface area contributed by atoms with Crippen LogP contribution in [0.2, 0.25) is 4.34 Å². The molecule has 0 bridgehead atoms. The van der Waals surface area contributed by atoms with Crippen LogP contribution < -0.4 is 10.0 Å². The Hall–Kier alpha value is -1.72. The van der Waals surface area contributed by atoms with Crippen LogP contribution in [0.15, 0.2) is 34.5 Å². The van der Waals surface area contributed by atoms with E-state index in [4.69, 9.17) is 11.6 Å². The van der Waals surface area contributed by atoms with Crippen LogP contribution in [0.4, 0.5) is 10.8 Å². The molecule has 0 spiro atoms. The molecular formula is C18H19ClN4O3S3. The number of piperidine rings is 1. The lowest BCUT2D eigenvalue weighted by molar-refractivity contribution is -0.121. The van der Waals surface area contributed by atoms with Gasteiger partial charge in [0, 0.05) is 5.92 Å². The molecule has 29 heavy (non-hydrogen) atoms. The average molecular weight is 471 g/mol. The van der Waals surface area contributed by atoms with Crippen LogP contribution in [0.25, 0.3) is 10.2 Å². The van der Waals surface area contributed by atoms with E-state index in [9.17, 15) is 13.2 Å². The summed E-state index contributed by atoms with van der Waals surface area (Å²) in [6.07, 6.45) is 1.68. The van der Waals surface area contributed by atoms with Gasteiger partial charge in [-0.2, -0.15) is 0 Å². The second kappa shape index (κ2) is 8.19. The summed E-state index contributed by atoms with van der Waals surface area (Å²) in [6.45, 7) is 1.83. The molecule has 1 aromatic carbocycles. The molecule has 3 aromatic rings. The zero-order chi connectivity index (χ0) is 20.6. The molecule has 1 amide bonds. The van der Waals surface area contributed by atoms with Crippen LogP contribution in [0.3, 0.4) is 0 Å². The standard InChI is InChI=1S/C18H19ClN4O3S3/c1-23-8-6-11(7-9-23)17(24)21-18-20-13-3-2-12(10-14(13)27-18)22-29(25,26)16-5-4-15(19)28-16/h2-5,10-11,22H,6-9H2,1H3,(H,20,21,24). The van der Waals surface area contributed by atoms with Crippen LogP contribution in [-0.4, -0.2) is 44.3 Å². The Bertz CT molecular complexity index is 1150. The van der Waals surface area contributed by atoms with Crippen molar-refractivity contribution in [2.24, 2.45) is 5.92 Å². The van der Waals surface area contributed by atoms with Gasteiger partial charge in [-0.15, -0.1) is 11.3 Å². The molecule has 2 aromatic heterocycles. The highest BCUT2D eigenvalue weighted by Gasteiger charge is 2.24. The minimum absolute atomic E-state index is 0.00166. The number of carbonyl (C=O) groups is 1. The molecule has 1 aliphatic rings. The number of fused-ring (bicyclic) bond motifs is 1. The first-order valence-corrected chi connectivity index (χ1v) is 12.5. The van der Waals surface area contributed by atoms with Crippen LogP contribution in [0, 0.1) is 5.92 Å². The molecule has 154 valence electrons. The summed E-state index contributed by atoms with van der Waals surface area (Å²) in [6, 6.07) is 8.11. The number of thiazole rings is 1. The third-order valence-corrected chi connectivity index (χ3v) is 8.81. The Balaban J connectivity index is 1.48. The van der Waals surface area contributed by atoms with E-state index in [-0.39, 0.29) is 16.0 Å². The van der Waals surface area contributed by atoms with E-state index < -0.39 is 10.0 Å². The smallest absolute Gasteiger partial charge is 0.271 e.